The smallest absolute Gasteiger partial charge is 0.223 e. The fourth-order valence-electron chi connectivity index (χ4n) is 3.02. The number of amidine groups is 1. The molecular formula is C16H23N3O2. The first-order valence-corrected chi connectivity index (χ1v) is 7.28. The number of hydrogen-bond acceptors (Lipinski definition) is 3. The Morgan fingerprint density at radius 1 is 1.52 bits per heavy atom. The highest BCUT2D eigenvalue weighted by atomic mass is 16.4. The number of carbonyl (C=O) groups excluding carboxylic acids is 1. The third-order valence-electron chi connectivity index (χ3n) is 4.37. The molecule has 0 aliphatic heterocycles. The van der Waals surface area contributed by atoms with Crippen LogP contribution in [0.25, 0.3) is 0 Å². The number of hydrogen-bond donors (Lipinski definition) is 3. The summed E-state index contributed by atoms with van der Waals surface area (Å²) in [5.74, 6) is 0.275. The van der Waals surface area contributed by atoms with E-state index in [1.54, 1.807) is 6.07 Å². The van der Waals surface area contributed by atoms with Crippen LogP contribution >= 0.6 is 0 Å². The first-order valence-electron chi connectivity index (χ1n) is 7.28. The van der Waals surface area contributed by atoms with Crippen molar-refractivity contribution < 1.29 is 10.0 Å². The van der Waals surface area contributed by atoms with Gasteiger partial charge in [0.2, 0.25) is 5.91 Å². The Balaban J connectivity index is 1.99. The van der Waals surface area contributed by atoms with Gasteiger partial charge in [-0.2, -0.15) is 0 Å². The van der Waals surface area contributed by atoms with Crippen molar-refractivity contribution in [1.82, 2.24) is 5.32 Å². The van der Waals surface area contributed by atoms with Crippen LogP contribution in [0, 0.1) is 11.3 Å². The molecule has 1 saturated carbocycles. The highest BCUT2D eigenvalue weighted by Gasteiger charge is 2.38. The molecule has 0 aromatic heterocycles. The first kappa shape index (κ1) is 15.4. The van der Waals surface area contributed by atoms with E-state index in [0.29, 0.717) is 12.1 Å². The van der Waals surface area contributed by atoms with Gasteiger partial charge in [-0.3, -0.25) is 4.79 Å². The van der Waals surface area contributed by atoms with Crippen LogP contribution in [0.3, 0.4) is 0 Å². The van der Waals surface area contributed by atoms with Gasteiger partial charge in [0.05, 0.1) is 0 Å². The number of rotatable bonds is 4. The van der Waals surface area contributed by atoms with Gasteiger partial charge < -0.3 is 16.3 Å². The van der Waals surface area contributed by atoms with Crippen LogP contribution in [0.15, 0.2) is 29.4 Å². The molecule has 0 radical (unpaired) electrons. The lowest BCUT2D eigenvalue weighted by molar-refractivity contribution is -0.127. The monoisotopic (exact) mass is 289 g/mol. The summed E-state index contributed by atoms with van der Waals surface area (Å²) in [6.07, 6.45) is 3.18. The molecule has 0 saturated heterocycles. The molecule has 114 valence electrons. The highest BCUT2D eigenvalue weighted by molar-refractivity contribution is 5.97. The molecule has 0 bridgehead atoms. The molecule has 1 aromatic rings. The van der Waals surface area contributed by atoms with Crippen LogP contribution < -0.4 is 11.1 Å². The Labute approximate surface area is 125 Å². The Morgan fingerprint density at radius 2 is 2.29 bits per heavy atom. The normalized spacial score (nSPS) is 21.2. The molecule has 1 aliphatic rings. The number of amides is 1. The summed E-state index contributed by atoms with van der Waals surface area (Å²) in [7, 11) is 0. The molecule has 1 aromatic carbocycles. The van der Waals surface area contributed by atoms with Gasteiger partial charge in [0.15, 0.2) is 5.84 Å². The van der Waals surface area contributed by atoms with Gasteiger partial charge in [0, 0.05) is 18.0 Å². The first-order chi connectivity index (χ1) is 9.94. The third-order valence-corrected chi connectivity index (χ3v) is 4.37. The average Bonchev–Trinajstić information content (AvgIpc) is 2.83. The Hall–Kier alpha value is -2.04. The molecule has 1 aliphatic carbocycles. The Kier molecular flexibility index (Phi) is 4.50. The van der Waals surface area contributed by atoms with Crippen LogP contribution in [0.2, 0.25) is 0 Å². The second kappa shape index (κ2) is 6.16. The highest BCUT2D eigenvalue weighted by Crippen LogP contribution is 2.42. The molecule has 5 heteroatoms. The second-order valence-corrected chi connectivity index (χ2v) is 6.34. The number of nitrogens with zero attached hydrogens (tertiary/aromatic N) is 1. The molecule has 5 nitrogen and oxygen atoms in total. The van der Waals surface area contributed by atoms with Crippen molar-refractivity contribution in [2.75, 3.05) is 0 Å². The number of nitrogens with one attached hydrogen (secondary N) is 1. The predicted molar refractivity (Wildman–Crippen MR) is 81.9 cm³/mol. The lowest BCUT2D eigenvalue weighted by atomic mass is 9.81. The van der Waals surface area contributed by atoms with Gasteiger partial charge in [-0.05, 0) is 29.9 Å². The zero-order chi connectivity index (χ0) is 15.5. The minimum absolute atomic E-state index is 0.0695. The molecule has 0 spiro atoms. The zero-order valence-corrected chi connectivity index (χ0v) is 12.6. The molecule has 1 unspecified atom stereocenters. The van der Waals surface area contributed by atoms with Crippen LogP contribution in [0.5, 0.6) is 0 Å². The van der Waals surface area contributed by atoms with E-state index in [1.807, 2.05) is 18.2 Å². The summed E-state index contributed by atoms with van der Waals surface area (Å²) in [5, 5.41) is 14.7. The van der Waals surface area contributed by atoms with Crippen molar-refractivity contribution in [2.45, 2.75) is 39.7 Å². The zero-order valence-electron chi connectivity index (χ0n) is 12.6. The summed E-state index contributed by atoms with van der Waals surface area (Å²) >= 11 is 0. The van der Waals surface area contributed by atoms with E-state index >= 15 is 0 Å². The summed E-state index contributed by atoms with van der Waals surface area (Å²) in [4.78, 5) is 12.3. The summed E-state index contributed by atoms with van der Waals surface area (Å²) in [6.45, 7) is 4.77. The lowest BCUT2D eigenvalue weighted by Gasteiger charge is -2.25. The van der Waals surface area contributed by atoms with E-state index in [1.165, 1.54) is 0 Å². The van der Waals surface area contributed by atoms with Gasteiger partial charge in [0.25, 0.3) is 0 Å². The standard InChI is InChI=1S/C16H23N3O2/c1-16(2)8-4-7-13(16)15(20)18-10-11-5-3-6-12(9-11)14(17)19-21/h3,5-6,9,13,21H,4,7-8,10H2,1-2H3,(H2,17,19)(H,18,20). The van der Waals surface area contributed by atoms with E-state index < -0.39 is 0 Å². The van der Waals surface area contributed by atoms with E-state index in [-0.39, 0.29) is 23.1 Å². The van der Waals surface area contributed by atoms with E-state index in [0.717, 1.165) is 24.8 Å². The summed E-state index contributed by atoms with van der Waals surface area (Å²) in [6, 6.07) is 7.32. The van der Waals surface area contributed by atoms with Crippen LogP contribution in [-0.4, -0.2) is 17.0 Å². The van der Waals surface area contributed by atoms with Crippen molar-refractivity contribution in [3.63, 3.8) is 0 Å². The van der Waals surface area contributed by atoms with Crippen LogP contribution in [0.4, 0.5) is 0 Å². The van der Waals surface area contributed by atoms with Gasteiger partial charge >= 0.3 is 0 Å². The number of nitrogens with two attached hydrogens (primary N) is 1. The van der Waals surface area contributed by atoms with Gasteiger partial charge in [0.1, 0.15) is 0 Å². The van der Waals surface area contributed by atoms with Gasteiger partial charge in [-0.1, -0.05) is 43.6 Å². The van der Waals surface area contributed by atoms with Crippen molar-refractivity contribution in [3.05, 3.63) is 35.4 Å². The van der Waals surface area contributed by atoms with Crippen LogP contribution in [-0.2, 0) is 11.3 Å². The molecule has 21 heavy (non-hydrogen) atoms. The van der Waals surface area contributed by atoms with E-state index in [9.17, 15) is 4.79 Å². The minimum atomic E-state index is 0.0695. The average molecular weight is 289 g/mol. The van der Waals surface area contributed by atoms with Crippen LogP contribution in [0.1, 0.15) is 44.2 Å². The quantitative estimate of drug-likeness (QED) is 0.344. The van der Waals surface area contributed by atoms with Crippen molar-refractivity contribution in [2.24, 2.45) is 22.2 Å². The molecule has 1 atom stereocenters. The summed E-state index contributed by atoms with van der Waals surface area (Å²) < 4.78 is 0. The third kappa shape index (κ3) is 3.54. The fourth-order valence-corrected chi connectivity index (χ4v) is 3.02. The second-order valence-electron chi connectivity index (χ2n) is 6.34. The maximum atomic E-state index is 12.3. The van der Waals surface area contributed by atoms with Gasteiger partial charge in [-0.15, -0.1) is 0 Å². The van der Waals surface area contributed by atoms with Gasteiger partial charge in [-0.25, -0.2) is 0 Å². The van der Waals surface area contributed by atoms with Crippen molar-refractivity contribution in [3.8, 4) is 0 Å². The maximum Gasteiger partial charge on any atom is 0.223 e. The fraction of sp³-hybridized carbons (Fsp3) is 0.500. The van der Waals surface area contributed by atoms with Crippen molar-refractivity contribution >= 4 is 11.7 Å². The lowest BCUT2D eigenvalue weighted by Crippen LogP contribution is -2.35. The Morgan fingerprint density at radius 3 is 2.90 bits per heavy atom. The van der Waals surface area contributed by atoms with E-state index in [2.05, 4.69) is 24.3 Å². The molecule has 1 fully saturated rings. The van der Waals surface area contributed by atoms with Crippen molar-refractivity contribution in [1.29, 1.82) is 0 Å². The molecule has 0 heterocycles. The predicted octanol–water partition coefficient (Wildman–Crippen LogP) is 2.22. The number of benzene rings is 1. The van der Waals surface area contributed by atoms with E-state index in [4.69, 9.17) is 10.9 Å². The molecule has 4 N–H and O–H groups in total. The number of carbonyl (C=O) groups is 1. The largest absolute Gasteiger partial charge is 0.409 e. The molecule has 1 amide bonds. The Bertz CT molecular complexity index is 552. The minimum Gasteiger partial charge on any atom is -0.409 e. The molecule has 2 rings (SSSR count). The topological polar surface area (TPSA) is 87.7 Å². The summed E-state index contributed by atoms with van der Waals surface area (Å²) in [5.41, 5.74) is 7.23. The maximum absolute atomic E-state index is 12.3. The molecular weight excluding hydrogens is 266 g/mol. The SMILES string of the molecule is CC1(C)CCCC1C(=O)NCc1cccc(/C(N)=N/O)c1. The number of oxime groups is 1.